The van der Waals surface area contributed by atoms with E-state index < -0.39 is 11.6 Å². The van der Waals surface area contributed by atoms with Crippen molar-refractivity contribution in [1.82, 2.24) is 9.88 Å². The van der Waals surface area contributed by atoms with Crippen molar-refractivity contribution in [2.75, 3.05) is 37.7 Å². The summed E-state index contributed by atoms with van der Waals surface area (Å²) in [7, 11) is 0. The minimum absolute atomic E-state index is 0.288. The minimum atomic E-state index is -0.934. The summed E-state index contributed by atoms with van der Waals surface area (Å²) in [6.07, 6.45) is 4.16. The molecule has 36 heavy (non-hydrogen) atoms. The van der Waals surface area contributed by atoms with Gasteiger partial charge in [-0.15, -0.1) is 0 Å². The molecule has 0 amide bonds. The Morgan fingerprint density at radius 3 is 2.64 bits per heavy atom. The number of nitrogens with zero attached hydrogens (tertiary/aromatic N) is 4. The molecule has 0 radical (unpaired) electrons. The SMILES string of the molecule is CCON=C(c1ccc(F)c(F)c1)c1ccc(CN2CCC3(CCN(c4ccccc4Cl)C3)C2)cn1. The van der Waals surface area contributed by atoms with Crippen LogP contribution in [-0.2, 0) is 11.4 Å². The number of halogens is 3. The Balaban J connectivity index is 1.25. The third-order valence-corrected chi connectivity index (χ3v) is 7.42. The molecule has 0 saturated carbocycles. The highest BCUT2D eigenvalue weighted by Gasteiger charge is 2.43. The number of pyridine rings is 1. The van der Waals surface area contributed by atoms with Crippen LogP contribution in [0.2, 0.25) is 5.02 Å². The monoisotopic (exact) mass is 510 g/mol. The van der Waals surface area contributed by atoms with Crippen LogP contribution in [0, 0.1) is 17.0 Å². The molecule has 188 valence electrons. The lowest BCUT2D eigenvalue weighted by Gasteiger charge is -2.26. The lowest BCUT2D eigenvalue weighted by Crippen LogP contribution is -2.30. The number of aromatic nitrogens is 1. The molecular formula is C28H29ClF2N4O. The molecular weight excluding hydrogens is 482 g/mol. The van der Waals surface area contributed by atoms with Crippen molar-refractivity contribution >= 4 is 23.0 Å². The van der Waals surface area contributed by atoms with Crippen molar-refractivity contribution in [1.29, 1.82) is 0 Å². The topological polar surface area (TPSA) is 41.0 Å². The van der Waals surface area contributed by atoms with Crippen LogP contribution in [0.1, 0.15) is 36.6 Å². The highest BCUT2D eigenvalue weighted by Crippen LogP contribution is 2.42. The molecule has 2 aliphatic rings. The molecule has 2 aliphatic heterocycles. The summed E-state index contributed by atoms with van der Waals surface area (Å²) in [6, 6.07) is 15.6. The second-order valence-corrected chi connectivity index (χ2v) is 10.0. The van der Waals surface area contributed by atoms with Gasteiger partial charge in [-0.25, -0.2) is 8.78 Å². The fraction of sp³-hybridized carbons (Fsp3) is 0.357. The van der Waals surface area contributed by atoms with E-state index in [9.17, 15) is 8.78 Å². The Morgan fingerprint density at radius 1 is 1.06 bits per heavy atom. The highest BCUT2D eigenvalue weighted by atomic mass is 35.5. The molecule has 1 atom stereocenters. The van der Waals surface area contributed by atoms with Gasteiger partial charge < -0.3 is 9.74 Å². The molecule has 3 aromatic rings. The van der Waals surface area contributed by atoms with Crippen LogP contribution in [0.4, 0.5) is 14.5 Å². The Labute approximate surface area is 215 Å². The maximum Gasteiger partial charge on any atom is 0.159 e. The van der Waals surface area contributed by atoms with Crippen LogP contribution in [0.15, 0.2) is 65.9 Å². The van der Waals surface area contributed by atoms with E-state index in [1.807, 2.05) is 43.5 Å². The van der Waals surface area contributed by atoms with Gasteiger partial charge in [0.05, 0.1) is 16.4 Å². The molecule has 1 unspecified atom stereocenters. The van der Waals surface area contributed by atoms with Crippen molar-refractivity contribution in [2.24, 2.45) is 10.6 Å². The fourth-order valence-corrected chi connectivity index (χ4v) is 5.54. The number of hydrogen-bond acceptors (Lipinski definition) is 5. The van der Waals surface area contributed by atoms with Crippen molar-refractivity contribution in [2.45, 2.75) is 26.3 Å². The zero-order valence-electron chi connectivity index (χ0n) is 20.3. The van der Waals surface area contributed by atoms with E-state index in [1.165, 1.54) is 12.5 Å². The summed E-state index contributed by atoms with van der Waals surface area (Å²) in [6.45, 7) is 7.12. The summed E-state index contributed by atoms with van der Waals surface area (Å²) in [5, 5.41) is 4.92. The van der Waals surface area contributed by atoms with Gasteiger partial charge in [-0.05, 0) is 68.3 Å². The highest BCUT2D eigenvalue weighted by molar-refractivity contribution is 6.33. The summed E-state index contributed by atoms with van der Waals surface area (Å²) in [4.78, 5) is 14.7. The predicted octanol–water partition coefficient (Wildman–Crippen LogP) is 5.90. The normalized spacial score (nSPS) is 20.4. The van der Waals surface area contributed by atoms with Gasteiger partial charge in [-0.2, -0.15) is 0 Å². The number of oxime groups is 1. The van der Waals surface area contributed by atoms with Gasteiger partial charge in [-0.3, -0.25) is 9.88 Å². The van der Waals surface area contributed by atoms with Gasteiger partial charge in [0, 0.05) is 43.4 Å². The van der Waals surface area contributed by atoms with E-state index in [4.69, 9.17) is 16.4 Å². The standard InChI is InChI=1S/C28H29ClF2N4O/c1-2-36-33-27(21-8-9-23(30)24(31)15-21)25-10-7-20(16-32-25)17-34-13-11-28(18-34)12-14-35(19-28)26-6-4-3-5-22(26)29/h3-10,15-16H,2,11-14,17-19H2,1H3. The van der Waals surface area contributed by atoms with E-state index in [1.54, 1.807) is 0 Å². The van der Waals surface area contributed by atoms with Gasteiger partial charge in [0.2, 0.25) is 0 Å². The fourth-order valence-electron chi connectivity index (χ4n) is 5.28. The van der Waals surface area contributed by atoms with Crippen LogP contribution < -0.4 is 4.90 Å². The molecule has 1 aromatic heterocycles. The molecule has 1 spiro atoms. The molecule has 0 N–H and O–H groups in total. The van der Waals surface area contributed by atoms with Crippen molar-refractivity contribution in [3.63, 3.8) is 0 Å². The zero-order chi connectivity index (χ0) is 25.1. The molecule has 0 aliphatic carbocycles. The molecule has 0 bridgehead atoms. The smallest absolute Gasteiger partial charge is 0.159 e. The largest absolute Gasteiger partial charge is 0.396 e. The van der Waals surface area contributed by atoms with Gasteiger partial charge in [0.1, 0.15) is 12.3 Å². The molecule has 2 aromatic carbocycles. The van der Waals surface area contributed by atoms with Crippen LogP contribution in [0.25, 0.3) is 0 Å². The van der Waals surface area contributed by atoms with Gasteiger partial charge in [0.25, 0.3) is 0 Å². The zero-order valence-corrected chi connectivity index (χ0v) is 21.0. The summed E-state index contributed by atoms with van der Waals surface area (Å²) >= 11 is 6.44. The van der Waals surface area contributed by atoms with Crippen molar-refractivity contribution < 1.29 is 13.6 Å². The van der Waals surface area contributed by atoms with Crippen LogP contribution in [0.5, 0.6) is 0 Å². The van der Waals surface area contributed by atoms with Gasteiger partial charge in [0.15, 0.2) is 11.6 Å². The van der Waals surface area contributed by atoms with E-state index in [0.29, 0.717) is 23.6 Å². The Morgan fingerprint density at radius 2 is 1.89 bits per heavy atom. The van der Waals surface area contributed by atoms with E-state index in [2.05, 4.69) is 26.0 Å². The molecule has 2 fully saturated rings. The average molecular weight is 511 g/mol. The molecule has 8 heteroatoms. The molecule has 5 rings (SSSR count). The lowest BCUT2D eigenvalue weighted by atomic mass is 9.86. The third-order valence-electron chi connectivity index (χ3n) is 7.10. The van der Waals surface area contributed by atoms with E-state index >= 15 is 0 Å². The molecule has 2 saturated heterocycles. The Bertz CT molecular complexity index is 1250. The molecule has 3 heterocycles. The first-order valence-corrected chi connectivity index (χ1v) is 12.7. The van der Waals surface area contributed by atoms with Gasteiger partial charge >= 0.3 is 0 Å². The third kappa shape index (κ3) is 5.22. The van der Waals surface area contributed by atoms with Crippen molar-refractivity contribution in [3.05, 3.63) is 94.3 Å². The number of rotatable bonds is 7. The predicted molar refractivity (Wildman–Crippen MR) is 138 cm³/mol. The van der Waals surface area contributed by atoms with Crippen LogP contribution in [-0.4, -0.2) is 48.4 Å². The van der Waals surface area contributed by atoms with Crippen molar-refractivity contribution in [3.8, 4) is 0 Å². The van der Waals surface area contributed by atoms with Gasteiger partial charge in [-0.1, -0.05) is 35.0 Å². The minimum Gasteiger partial charge on any atom is -0.396 e. The number of hydrogen-bond donors (Lipinski definition) is 0. The van der Waals surface area contributed by atoms with Crippen LogP contribution in [0.3, 0.4) is 0 Å². The number of likely N-dealkylation sites (tertiary alicyclic amines) is 1. The average Bonchev–Trinajstić information content (AvgIpc) is 3.48. The second-order valence-electron chi connectivity index (χ2n) is 9.62. The first kappa shape index (κ1) is 24.7. The lowest BCUT2D eigenvalue weighted by molar-refractivity contribution is 0.159. The number of anilines is 1. The Kier molecular flexibility index (Phi) is 7.21. The van der Waals surface area contributed by atoms with Crippen LogP contribution >= 0.6 is 11.6 Å². The first-order valence-electron chi connectivity index (χ1n) is 12.3. The van der Waals surface area contributed by atoms with E-state index in [-0.39, 0.29) is 5.41 Å². The molecule has 5 nitrogen and oxygen atoms in total. The summed E-state index contributed by atoms with van der Waals surface area (Å²) in [5.41, 5.74) is 3.83. The Hall–Kier alpha value is -3.03. The number of benzene rings is 2. The second kappa shape index (κ2) is 10.5. The quantitative estimate of drug-likeness (QED) is 0.293. The number of para-hydroxylation sites is 1. The maximum absolute atomic E-state index is 13.8. The van der Waals surface area contributed by atoms with E-state index in [0.717, 1.165) is 67.6 Å². The first-order chi connectivity index (χ1) is 17.5. The maximum atomic E-state index is 13.8. The summed E-state index contributed by atoms with van der Waals surface area (Å²) in [5.74, 6) is -1.84. The summed E-state index contributed by atoms with van der Waals surface area (Å²) < 4.78 is 27.3.